The first-order valence-electron chi connectivity index (χ1n) is 44.1. The summed E-state index contributed by atoms with van der Waals surface area (Å²) in [6.45, 7) is 54.0. The molecular weight excluding hydrogens is 1620 g/mol. The summed E-state index contributed by atoms with van der Waals surface area (Å²) >= 11 is 0. The van der Waals surface area contributed by atoms with E-state index in [0.717, 1.165) is 66.7 Å². The van der Waals surface area contributed by atoms with Gasteiger partial charge < -0.3 is 19.4 Å². The van der Waals surface area contributed by atoms with Gasteiger partial charge in [0.2, 0.25) is 5.66 Å². The number of methoxy groups -OCH3 is 2. The molecule has 7 aliphatic rings. The van der Waals surface area contributed by atoms with Crippen LogP contribution in [0, 0.1) is 0 Å². The molecule has 18 rings (SSSR count). The van der Waals surface area contributed by atoms with Crippen LogP contribution in [-0.4, -0.2) is 77.4 Å². The number of hydrogen-bond donors (Lipinski definition) is 0. The van der Waals surface area contributed by atoms with Crippen molar-refractivity contribution < 1.29 is 48.1 Å². The third kappa shape index (κ3) is 13.9. The zero-order valence-corrected chi connectivity index (χ0v) is 81.5. The van der Waals surface area contributed by atoms with Gasteiger partial charge in [0, 0.05) is 34.7 Å². The molecule has 4 amide bonds. The van der Waals surface area contributed by atoms with Crippen LogP contribution in [-0.2, 0) is 96.8 Å². The summed E-state index contributed by atoms with van der Waals surface area (Å²) in [7, 11) is 3.21. The van der Waals surface area contributed by atoms with E-state index in [9.17, 15) is 9.59 Å². The molecule has 2 fully saturated rings. The van der Waals surface area contributed by atoms with E-state index in [2.05, 4.69) is 275 Å². The number of rotatable bonds is 8. The third-order valence-corrected chi connectivity index (χ3v) is 26.6. The van der Waals surface area contributed by atoms with Crippen LogP contribution in [0.4, 0.5) is 9.59 Å². The number of aromatic nitrogens is 6. The van der Waals surface area contributed by atoms with Crippen molar-refractivity contribution in [1.82, 2.24) is 49.5 Å². The van der Waals surface area contributed by atoms with Crippen LogP contribution in [0.1, 0.15) is 256 Å². The summed E-state index contributed by atoms with van der Waals surface area (Å²) in [4.78, 5) is 106. The second-order valence-electron chi connectivity index (χ2n) is 43.5. The van der Waals surface area contributed by atoms with Gasteiger partial charge in [-0.25, -0.2) is 29.5 Å². The van der Waals surface area contributed by atoms with Gasteiger partial charge in [-0.15, -0.1) is 11.0 Å². The molecule has 16 nitrogen and oxygen atoms in total. The topological polar surface area (TPSA) is 179 Å². The number of hydrogen-bond acceptors (Lipinski definition) is 10. The maximum Gasteiger partial charge on any atom is 2.00 e. The van der Waals surface area contributed by atoms with Crippen molar-refractivity contribution in [2.24, 2.45) is 0 Å². The Hall–Kier alpha value is -11.9. The number of amides is 4. The van der Waals surface area contributed by atoms with Crippen molar-refractivity contribution in [1.29, 1.82) is 0 Å². The second-order valence-corrected chi connectivity index (χ2v) is 43.5. The zero-order valence-electron chi connectivity index (χ0n) is 78.5. The maximum atomic E-state index is 17.0. The molecule has 0 spiro atoms. The molecule has 7 aromatic carbocycles. The first-order chi connectivity index (χ1) is 59.0. The van der Waals surface area contributed by atoms with Gasteiger partial charge in [-0.2, -0.15) is 0 Å². The van der Waals surface area contributed by atoms with Crippen molar-refractivity contribution >= 4 is 92.1 Å². The number of carbonyl (C=O) groups is 4. The fraction of sp³-hybridized carbons (Fsp3) is 0.345. The van der Waals surface area contributed by atoms with Crippen LogP contribution in [0.3, 0.4) is 0 Å². The molecule has 4 aromatic heterocycles. The zero-order chi connectivity index (χ0) is 90.1. The van der Waals surface area contributed by atoms with Gasteiger partial charge in [0.05, 0.1) is 72.3 Å². The first-order valence-corrected chi connectivity index (χ1v) is 44.1. The monoisotopic (exact) mass is 1730 g/mol. The summed E-state index contributed by atoms with van der Waals surface area (Å²) in [5, 5.41) is 0. The fourth-order valence-electron chi connectivity index (χ4n) is 19.3. The van der Waals surface area contributed by atoms with Gasteiger partial charge in [-0.05, 0) is 169 Å². The summed E-state index contributed by atoms with van der Waals surface area (Å²) in [6.07, 6.45) is 14.0. The number of fused-ring (bicyclic) bond motifs is 14. The second kappa shape index (κ2) is 29.6. The van der Waals surface area contributed by atoms with Gasteiger partial charge in [0.25, 0.3) is 0 Å². The Morgan fingerprint density at radius 3 is 0.882 bits per heavy atom. The van der Waals surface area contributed by atoms with E-state index in [1.54, 1.807) is 24.0 Å². The van der Waals surface area contributed by atoms with Crippen LogP contribution < -0.4 is 19.4 Å². The van der Waals surface area contributed by atoms with E-state index < -0.39 is 35.0 Å². The van der Waals surface area contributed by atoms with E-state index in [0.29, 0.717) is 89.3 Å². The van der Waals surface area contributed by atoms with E-state index in [1.165, 1.54) is 56.6 Å². The van der Waals surface area contributed by atoms with E-state index in [-0.39, 0.29) is 98.5 Å². The molecule has 1 aliphatic carbocycles. The van der Waals surface area contributed by atoms with Crippen LogP contribution in [0.2, 0.25) is 0 Å². The number of benzene rings is 7. The van der Waals surface area contributed by atoms with Gasteiger partial charge in [-0.1, -0.05) is 323 Å². The molecule has 11 aromatic rings. The number of allylic oxidation sites excluding steroid dienone is 4. The molecule has 0 radical (unpaired) electrons. The average molecular weight is 1740 g/mol. The summed E-state index contributed by atoms with van der Waals surface area (Å²) in [5.41, 5.74) is 18.4. The van der Waals surface area contributed by atoms with Gasteiger partial charge >= 0.3 is 31.5 Å². The Morgan fingerprint density at radius 2 is 0.598 bits per heavy atom. The number of nitrogens with zero attached hydrogens (tertiary/aromatic N) is 10. The summed E-state index contributed by atoms with van der Waals surface area (Å²) in [5.74, 6) is -0.422. The minimum absolute atomic E-state index is 0. The molecule has 0 saturated carbocycles. The Balaban J connectivity index is 0.0000114. The molecule has 0 atom stereocenters. The molecular formula is C110H114N10O6Zn. The van der Waals surface area contributed by atoms with Crippen molar-refractivity contribution in [3.05, 3.63) is 271 Å². The van der Waals surface area contributed by atoms with E-state index in [4.69, 9.17) is 39.4 Å². The van der Waals surface area contributed by atoms with Crippen LogP contribution in [0.15, 0.2) is 181 Å². The SMILES string of the molecule is COc1c2c(c(OC)c3nc4c5[n-]c(c(-c6cc(C(C)(C)C)cc(C(C)(C)C)c6)c6nc(c(-c7cc(C(C)(C)C)cc(C(C)(C)C)c7)c7ccc([n-]7)c(-c7cc(C(C)(C)C)cc(C(C)(C)C)c7)c7nc(c5-c5cc(C(C)(C)C)cc(C(C)(C)C)c5)C=C7)C=C6)c4nc13)CN1C(=O)N3C=C4C(=O)C=CC(=O)C4=CN4C(=O)N(C2)C1(c1ccccc1)C43c1ccccc1.[Zn+2]. The molecule has 2 saturated heterocycles. The van der Waals surface area contributed by atoms with Crippen LogP contribution in [0.25, 0.3) is 113 Å². The van der Waals surface area contributed by atoms with E-state index >= 15 is 9.59 Å². The normalized spacial score (nSPS) is 17.8. The Kier molecular flexibility index (Phi) is 20.3. The number of urea groups is 2. The maximum absolute atomic E-state index is 17.0. The smallest absolute Gasteiger partial charge is 0.657 e. The molecule has 6 aliphatic heterocycles. The molecule has 0 N–H and O–H groups in total. The van der Waals surface area contributed by atoms with Crippen LogP contribution >= 0.6 is 0 Å². The molecule has 0 unspecified atom stereocenters. The Bertz CT molecular complexity index is 6440. The molecule has 10 heterocycles. The van der Waals surface area contributed by atoms with Crippen LogP contribution in [0.5, 0.6) is 11.5 Å². The standard InChI is InChI=1S/C110H114N10O6.Zn/c1-101(2,3)67-45-61(46-68(53-67)102(4,5)6)87-79-37-38-80(111-79)88(62-47-69(103(7,8)9)54-70(48-62)104(10,11)12)82-40-42-84(113-82)90(64-51-73(107(19,20)21)56-74(52-64)108(22,23)24)92-94-93(91(114-92)89(83-41-39-81(87)112-83)63-49-71(105(13,14)15)55-72(50-63)106(16,17)18)115-95-96(116-94)98(126-26)78-60-120-100(124)118-58-76-75(85(121)43-44-86(76)122)57-117-99(123)119(59-77(78)97(95)125-25)110(120,66-35-31-28-32-36-66)109(117,118)65-33-29-27-30-34-65;/h27-58H,59-60H2,1-26H3;/q-2;+2. The predicted octanol–water partition coefficient (Wildman–Crippen LogP) is 24.8. The first kappa shape index (κ1) is 87.1. The molecule has 127 heavy (non-hydrogen) atoms. The Morgan fingerprint density at radius 1 is 0.323 bits per heavy atom. The van der Waals surface area contributed by atoms with Gasteiger partial charge in [0.15, 0.2) is 28.7 Å². The third-order valence-electron chi connectivity index (χ3n) is 26.6. The minimum Gasteiger partial charge on any atom is -0.657 e. The molecule has 642 valence electrons. The van der Waals surface area contributed by atoms with Gasteiger partial charge in [0.1, 0.15) is 11.0 Å². The number of ether oxygens (including phenoxy) is 2. The summed E-state index contributed by atoms with van der Waals surface area (Å²) < 4.78 is 14.0. The van der Waals surface area contributed by atoms with Crippen molar-refractivity contribution in [2.45, 2.75) is 234 Å². The Labute approximate surface area is 759 Å². The fourth-order valence-corrected chi connectivity index (χ4v) is 19.3. The predicted molar refractivity (Wildman–Crippen MR) is 509 cm³/mol. The largest absolute Gasteiger partial charge is 2.00 e. The van der Waals surface area contributed by atoms with Gasteiger partial charge in [-0.3, -0.25) is 29.2 Å². The quantitative estimate of drug-likeness (QED) is 0.132. The molecule has 17 heteroatoms. The van der Waals surface area contributed by atoms with Crippen molar-refractivity contribution in [3.8, 4) is 56.0 Å². The van der Waals surface area contributed by atoms with Crippen molar-refractivity contribution in [2.75, 3.05) is 14.2 Å². The minimum atomic E-state index is -1.83. The summed E-state index contributed by atoms with van der Waals surface area (Å²) in [6, 6.07) is 50.2. The van der Waals surface area contributed by atoms with Crippen molar-refractivity contribution in [3.63, 3.8) is 0 Å². The molecule has 8 bridgehead atoms. The number of carbonyl (C=O) groups excluding carboxylic acids is 4. The average Bonchev–Trinajstić information content (AvgIpc) is 1.46. The number of ketones is 2. The van der Waals surface area contributed by atoms with E-state index in [1.807, 2.05) is 60.7 Å².